The summed E-state index contributed by atoms with van der Waals surface area (Å²) < 4.78 is 5.48. The fraction of sp³-hybridized carbons (Fsp3) is 0.625. The number of hydrogen-bond acceptors (Lipinski definition) is 2. The van der Waals surface area contributed by atoms with Gasteiger partial charge in [0.05, 0.1) is 0 Å². The molecule has 1 saturated heterocycles. The van der Waals surface area contributed by atoms with Crippen LogP contribution in [0.15, 0.2) is 24.3 Å². The van der Waals surface area contributed by atoms with Crippen LogP contribution in [0.25, 0.3) is 0 Å². The van der Waals surface area contributed by atoms with Crippen molar-refractivity contribution in [2.24, 2.45) is 5.92 Å². The highest BCUT2D eigenvalue weighted by atomic mass is 35.5. The minimum atomic E-state index is 0.549. The van der Waals surface area contributed by atoms with Gasteiger partial charge in [0.25, 0.3) is 0 Å². The Morgan fingerprint density at radius 1 is 1.37 bits per heavy atom. The Morgan fingerprint density at radius 2 is 2.16 bits per heavy atom. The van der Waals surface area contributed by atoms with Crippen molar-refractivity contribution in [3.8, 4) is 0 Å². The molecular formula is C16H24ClNO. The van der Waals surface area contributed by atoms with Crippen molar-refractivity contribution in [1.82, 2.24) is 5.32 Å². The molecule has 3 heteroatoms. The summed E-state index contributed by atoms with van der Waals surface area (Å²) >= 11 is 5.94. The highest BCUT2D eigenvalue weighted by Gasteiger charge is 2.20. The molecule has 1 aromatic carbocycles. The summed E-state index contributed by atoms with van der Waals surface area (Å²) in [5.41, 5.74) is 1.36. The first-order chi connectivity index (χ1) is 9.28. The molecule has 0 bridgehead atoms. The van der Waals surface area contributed by atoms with E-state index in [1.807, 2.05) is 12.1 Å². The molecule has 1 aromatic rings. The van der Waals surface area contributed by atoms with Gasteiger partial charge in [-0.2, -0.15) is 0 Å². The van der Waals surface area contributed by atoms with Gasteiger partial charge in [-0.3, -0.25) is 0 Å². The number of hydrogen-bond donors (Lipinski definition) is 1. The molecule has 2 nitrogen and oxygen atoms in total. The van der Waals surface area contributed by atoms with Gasteiger partial charge in [0, 0.05) is 24.3 Å². The highest BCUT2D eigenvalue weighted by molar-refractivity contribution is 6.30. The first-order valence-electron chi connectivity index (χ1n) is 7.33. The molecule has 0 radical (unpaired) electrons. The van der Waals surface area contributed by atoms with Gasteiger partial charge in [-0.05, 0) is 55.8 Å². The summed E-state index contributed by atoms with van der Waals surface area (Å²) in [6.07, 6.45) is 4.68. The average molecular weight is 282 g/mol. The van der Waals surface area contributed by atoms with Gasteiger partial charge in [-0.1, -0.05) is 30.7 Å². The molecule has 1 fully saturated rings. The molecule has 1 aliphatic rings. The van der Waals surface area contributed by atoms with Crippen LogP contribution in [-0.2, 0) is 11.2 Å². The molecule has 1 N–H and O–H groups in total. The summed E-state index contributed by atoms with van der Waals surface area (Å²) in [5.74, 6) is 0.724. The van der Waals surface area contributed by atoms with Crippen LogP contribution in [0, 0.1) is 5.92 Å². The lowest BCUT2D eigenvalue weighted by Crippen LogP contribution is -2.34. The lowest BCUT2D eigenvalue weighted by Gasteiger charge is -2.21. The zero-order chi connectivity index (χ0) is 13.5. The highest BCUT2D eigenvalue weighted by Crippen LogP contribution is 2.20. The molecule has 0 spiro atoms. The van der Waals surface area contributed by atoms with Crippen molar-refractivity contribution in [2.45, 2.75) is 38.6 Å². The number of nitrogens with one attached hydrogen (secondary N) is 1. The van der Waals surface area contributed by atoms with E-state index in [-0.39, 0.29) is 0 Å². The second-order valence-corrected chi connectivity index (χ2v) is 5.88. The van der Waals surface area contributed by atoms with Gasteiger partial charge in [0.15, 0.2) is 0 Å². The van der Waals surface area contributed by atoms with E-state index in [4.69, 9.17) is 16.3 Å². The molecule has 1 aliphatic heterocycles. The summed E-state index contributed by atoms with van der Waals surface area (Å²) in [6, 6.07) is 8.77. The van der Waals surface area contributed by atoms with Gasteiger partial charge in [0.2, 0.25) is 0 Å². The van der Waals surface area contributed by atoms with Crippen LogP contribution in [0.4, 0.5) is 0 Å². The smallest absolute Gasteiger partial charge is 0.0495 e. The van der Waals surface area contributed by atoms with E-state index in [1.54, 1.807) is 0 Å². The van der Waals surface area contributed by atoms with Gasteiger partial charge in [-0.25, -0.2) is 0 Å². The van der Waals surface area contributed by atoms with Crippen LogP contribution in [0.3, 0.4) is 0 Å². The van der Waals surface area contributed by atoms with Crippen molar-refractivity contribution in [2.75, 3.05) is 19.8 Å². The van der Waals surface area contributed by atoms with E-state index in [9.17, 15) is 0 Å². The molecule has 2 rings (SSSR count). The Hall–Kier alpha value is -0.570. The van der Waals surface area contributed by atoms with Crippen LogP contribution in [0.5, 0.6) is 0 Å². The van der Waals surface area contributed by atoms with E-state index >= 15 is 0 Å². The summed E-state index contributed by atoms with van der Waals surface area (Å²) in [4.78, 5) is 0. The quantitative estimate of drug-likeness (QED) is 0.823. The third-order valence-electron chi connectivity index (χ3n) is 3.72. The Labute approximate surface area is 121 Å². The van der Waals surface area contributed by atoms with E-state index in [0.717, 1.165) is 37.1 Å². The first-order valence-corrected chi connectivity index (χ1v) is 7.71. The summed E-state index contributed by atoms with van der Waals surface area (Å²) in [6.45, 7) is 5.17. The zero-order valence-corrected chi connectivity index (χ0v) is 12.5. The normalized spacial score (nSPS) is 20.6. The van der Waals surface area contributed by atoms with Crippen LogP contribution in [0.2, 0.25) is 5.02 Å². The zero-order valence-electron chi connectivity index (χ0n) is 11.7. The van der Waals surface area contributed by atoms with Gasteiger partial charge in [-0.15, -0.1) is 0 Å². The Morgan fingerprint density at radius 3 is 2.79 bits per heavy atom. The minimum absolute atomic E-state index is 0.549. The predicted molar refractivity (Wildman–Crippen MR) is 80.8 cm³/mol. The van der Waals surface area contributed by atoms with Crippen LogP contribution in [0.1, 0.15) is 31.7 Å². The lowest BCUT2D eigenvalue weighted by atomic mass is 9.94. The topological polar surface area (TPSA) is 21.3 Å². The molecule has 0 amide bonds. The maximum atomic E-state index is 5.94. The van der Waals surface area contributed by atoms with Crippen molar-refractivity contribution in [3.05, 3.63) is 34.9 Å². The Bertz CT molecular complexity index is 360. The lowest BCUT2D eigenvalue weighted by molar-refractivity contribution is 0.181. The largest absolute Gasteiger partial charge is 0.381 e. The molecule has 2 unspecified atom stereocenters. The number of halogens is 1. The fourth-order valence-electron chi connectivity index (χ4n) is 2.66. The maximum absolute atomic E-state index is 5.94. The molecule has 2 atom stereocenters. The van der Waals surface area contributed by atoms with E-state index in [0.29, 0.717) is 6.04 Å². The van der Waals surface area contributed by atoms with Gasteiger partial charge in [0.1, 0.15) is 0 Å². The van der Waals surface area contributed by atoms with E-state index in [1.165, 1.54) is 24.8 Å². The standard InChI is InChI=1S/C16H24ClNO/c1-2-8-18-16(11-14-7-9-19-12-14)10-13-3-5-15(17)6-4-13/h3-6,14,16,18H,2,7-12H2,1H3. The molecular weight excluding hydrogens is 258 g/mol. The van der Waals surface area contributed by atoms with Gasteiger partial charge < -0.3 is 10.1 Å². The first kappa shape index (κ1) is 14.8. The van der Waals surface area contributed by atoms with Crippen molar-refractivity contribution >= 4 is 11.6 Å². The molecule has 0 aliphatic carbocycles. The van der Waals surface area contributed by atoms with Crippen LogP contribution < -0.4 is 5.32 Å². The van der Waals surface area contributed by atoms with Crippen LogP contribution in [-0.4, -0.2) is 25.8 Å². The molecule has 106 valence electrons. The van der Waals surface area contributed by atoms with Crippen molar-refractivity contribution in [3.63, 3.8) is 0 Å². The second kappa shape index (κ2) is 7.88. The third-order valence-corrected chi connectivity index (χ3v) is 3.97. The third kappa shape index (κ3) is 5.13. The summed E-state index contributed by atoms with van der Waals surface area (Å²) in [5, 5.41) is 4.48. The molecule has 0 aromatic heterocycles. The molecule has 1 heterocycles. The fourth-order valence-corrected chi connectivity index (χ4v) is 2.79. The van der Waals surface area contributed by atoms with E-state index in [2.05, 4.69) is 24.4 Å². The number of rotatable bonds is 7. The Kier molecular flexibility index (Phi) is 6.15. The average Bonchev–Trinajstić information content (AvgIpc) is 2.91. The Balaban J connectivity index is 1.89. The number of ether oxygens (including phenoxy) is 1. The minimum Gasteiger partial charge on any atom is -0.381 e. The van der Waals surface area contributed by atoms with Crippen LogP contribution >= 0.6 is 11.6 Å². The number of benzene rings is 1. The summed E-state index contributed by atoms with van der Waals surface area (Å²) in [7, 11) is 0. The predicted octanol–water partition coefficient (Wildman–Crippen LogP) is 3.68. The second-order valence-electron chi connectivity index (χ2n) is 5.45. The maximum Gasteiger partial charge on any atom is 0.0495 e. The van der Waals surface area contributed by atoms with Crippen molar-refractivity contribution in [1.29, 1.82) is 0 Å². The molecule has 0 saturated carbocycles. The van der Waals surface area contributed by atoms with E-state index < -0.39 is 0 Å². The monoisotopic (exact) mass is 281 g/mol. The van der Waals surface area contributed by atoms with Crippen molar-refractivity contribution < 1.29 is 4.74 Å². The molecule has 19 heavy (non-hydrogen) atoms. The van der Waals surface area contributed by atoms with Gasteiger partial charge >= 0.3 is 0 Å². The SMILES string of the molecule is CCCNC(Cc1ccc(Cl)cc1)CC1CCOC1.